The molecule has 0 bridgehead atoms. The van der Waals surface area contributed by atoms with Gasteiger partial charge in [-0.2, -0.15) is 0 Å². The number of nitrogens with two attached hydrogens (primary N) is 1. The lowest BCUT2D eigenvalue weighted by Gasteiger charge is -2.27. The van der Waals surface area contributed by atoms with Gasteiger partial charge in [-0.25, -0.2) is 13.6 Å². The predicted molar refractivity (Wildman–Crippen MR) is 98.5 cm³/mol. The Kier molecular flexibility index (Phi) is 4.50. The Hall–Kier alpha value is -1.93. The molecule has 0 atom stereocenters. The lowest BCUT2D eigenvalue weighted by atomic mass is 9.80. The van der Waals surface area contributed by atoms with E-state index in [9.17, 15) is 18.0 Å². The summed E-state index contributed by atoms with van der Waals surface area (Å²) in [7, 11) is -3.77. The number of fused-ring (bicyclic) bond motifs is 1. The van der Waals surface area contributed by atoms with Crippen LogP contribution in [0.2, 0.25) is 0 Å². The zero-order valence-electron chi connectivity index (χ0n) is 15.1. The summed E-state index contributed by atoms with van der Waals surface area (Å²) in [5, 5.41) is 5.15. The SMILES string of the molecule is NS(=O)(=O)c1ccc2c(c1)CCN2C(=O)COC(=O)C1CCC2(CC1)CC2. The molecule has 0 unspecified atom stereocenters. The molecule has 1 aromatic carbocycles. The number of ether oxygens (including phenoxy) is 1. The van der Waals surface area contributed by atoms with E-state index in [1.807, 2.05) is 0 Å². The summed E-state index contributed by atoms with van der Waals surface area (Å²) < 4.78 is 28.2. The van der Waals surface area contributed by atoms with Crippen LogP contribution < -0.4 is 10.0 Å². The van der Waals surface area contributed by atoms with Gasteiger partial charge >= 0.3 is 5.97 Å². The summed E-state index contributed by atoms with van der Waals surface area (Å²) in [6.45, 7) is 0.155. The minimum Gasteiger partial charge on any atom is -0.455 e. The average molecular weight is 392 g/mol. The van der Waals surface area contributed by atoms with Crippen molar-refractivity contribution < 1.29 is 22.7 Å². The Morgan fingerprint density at radius 1 is 1.19 bits per heavy atom. The van der Waals surface area contributed by atoms with Crippen molar-refractivity contribution in [2.24, 2.45) is 16.5 Å². The third kappa shape index (κ3) is 3.73. The molecule has 1 amide bonds. The molecule has 8 heteroatoms. The number of carbonyl (C=O) groups excluding carboxylic acids is 2. The van der Waals surface area contributed by atoms with Gasteiger partial charge in [-0.3, -0.25) is 9.59 Å². The van der Waals surface area contributed by atoms with E-state index in [1.165, 1.54) is 29.9 Å². The molecule has 2 N–H and O–H groups in total. The third-order valence-electron chi connectivity index (χ3n) is 6.25. The summed E-state index contributed by atoms with van der Waals surface area (Å²) in [4.78, 5) is 26.3. The molecule has 1 aromatic rings. The summed E-state index contributed by atoms with van der Waals surface area (Å²) >= 11 is 0. The molecule has 3 aliphatic rings. The number of esters is 1. The Balaban J connectivity index is 1.34. The Morgan fingerprint density at radius 3 is 2.52 bits per heavy atom. The quantitative estimate of drug-likeness (QED) is 0.786. The largest absolute Gasteiger partial charge is 0.455 e. The molecule has 7 nitrogen and oxygen atoms in total. The molecule has 146 valence electrons. The normalized spacial score (nSPS) is 21.1. The number of benzene rings is 1. The van der Waals surface area contributed by atoms with E-state index in [2.05, 4.69) is 0 Å². The highest BCUT2D eigenvalue weighted by molar-refractivity contribution is 7.89. The van der Waals surface area contributed by atoms with Gasteiger partial charge in [-0.15, -0.1) is 0 Å². The van der Waals surface area contributed by atoms with Gasteiger partial charge in [-0.1, -0.05) is 0 Å². The standard InChI is InChI=1S/C19H24N2O5S/c20-27(24,25)15-1-2-16-14(11-15)5-10-21(16)17(22)12-26-18(23)13-3-6-19(7-4-13)8-9-19/h1-2,11,13H,3-10,12H2,(H2,20,24,25). The lowest BCUT2D eigenvalue weighted by Crippen LogP contribution is -2.34. The van der Waals surface area contributed by atoms with Crippen LogP contribution in [-0.4, -0.2) is 33.4 Å². The number of anilines is 1. The highest BCUT2D eigenvalue weighted by Crippen LogP contribution is 2.57. The zero-order chi connectivity index (χ0) is 19.2. The summed E-state index contributed by atoms with van der Waals surface area (Å²) in [5.74, 6) is -0.657. The smallest absolute Gasteiger partial charge is 0.309 e. The number of sulfonamides is 1. The summed E-state index contributed by atoms with van der Waals surface area (Å²) in [6.07, 6.45) is 7.01. The predicted octanol–water partition coefficient (Wildman–Crippen LogP) is 1.74. The number of hydrogen-bond donors (Lipinski definition) is 1. The Labute approximate surface area is 158 Å². The second-order valence-electron chi connectivity index (χ2n) is 8.01. The molecule has 0 saturated heterocycles. The van der Waals surface area contributed by atoms with Crippen LogP contribution in [0.15, 0.2) is 23.1 Å². The van der Waals surface area contributed by atoms with Crippen LogP contribution in [-0.2, 0) is 30.8 Å². The van der Waals surface area contributed by atoms with Crippen molar-refractivity contribution >= 4 is 27.6 Å². The summed E-state index contributed by atoms with van der Waals surface area (Å²) in [6, 6.07) is 4.47. The second-order valence-corrected chi connectivity index (χ2v) is 9.57. The fraction of sp³-hybridized carbons (Fsp3) is 0.579. The van der Waals surface area contributed by atoms with Crippen LogP contribution in [0.5, 0.6) is 0 Å². The topological polar surface area (TPSA) is 107 Å². The van der Waals surface area contributed by atoms with Crippen molar-refractivity contribution in [3.8, 4) is 0 Å². The van der Waals surface area contributed by atoms with Crippen molar-refractivity contribution in [3.63, 3.8) is 0 Å². The maximum Gasteiger partial charge on any atom is 0.309 e. The average Bonchev–Trinajstić information content (AvgIpc) is 3.25. The molecule has 1 spiro atoms. The van der Waals surface area contributed by atoms with Gasteiger partial charge in [0.15, 0.2) is 6.61 Å². The van der Waals surface area contributed by atoms with Crippen molar-refractivity contribution in [1.82, 2.24) is 0 Å². The number of nitrogens with zero attached hydrogens (tertiary/aromatic N) is 1. The molecule has 4 rings (SSSR count). The number of rotatable bonds is 4. The summed E-state index contributed by atoms with van der Waals surface area (Å²) in [5.41, 5.74) is 1.92. The van der Waals surface area contributed by atoms with Gasteiger partial charge in [-0.05, 0) is 74.1 Å². The first-order valence-electron chi connectivity index (χ1n) is 9.40. The lowest BCUT2D eigenvalue weighted by molar-refractivity contribution is -0.153. The molecule has 0 aromatic heterocycles. The fourth-order valence-corrected chi connectivity index (χ4v) is 4.85. The first-order chi connectivity index (χ1) is 12.8. The van der Waals surface area contributed by atoms with Crippen molar-refractivity contribution in [3.05, 3.63) is 23.8 Å². The molecule has 2 fully saturated rings. The van der Waals surface area contributed by atoms with Gasteiger partial charge < -0.3 is 9.64 Å². The second kappa shape index (κ2) is 6.60. The van der Waals surface area contributed by atoms with E-state index in [0.717, 1.165) is 31.2 Å². The maximum absolute atomic E-state index is 12.5. The molecule has 1 aliphatic heterocycles. The van der Waals surface area contributed by atoms with Crippen molar-refractivity contribution in [1.29, 1.82) is 0 Å². The Morgan fingerprint density at radius 2 is 1.89 bits per heavy atom. The third-order valence-corrected chi connectivity index (χ3v) is 7.16. The van der Waals surface area contributed by atoms with Gasteiger partial charge in [0, 0.05) is 12.2 Å². The van der Waals surface area contributed by atoms with Crippen LogP contribution in [0.4, 0.5) is 5.69 Å². The van der Waals surface area contributed by atoms with E-state index in [4.69, 9.17) is 9.88 Å². The van der Waals surface area contributed by atoms with Crippen LogP contribution in [0, 0.1) is 11.3 Å². The number of primary sulfonamides is 1. The maximum atomic E-state index is 12.5. The van der Waals surface area contributed by atoms with Gasteiger partial charge in [0.2, 0.25) is 10.0 Å². The van der Waals surface area contributed by atoms with Crippen LogP contribution in [0.25, 0.3) is 0 Å². The minimum atomic E-state index is -3.77. The Bertz CT molecular complexity index is 881. The van der Waals surface area contributed by atoms with Gasteiger partial charge in [0.05, 0.1) is 10.8 Å². The van der Waals surface area contributed by atoms with E-state index < -0.39 is 10.0 Å². The van der Waals surface area contributed by atoms with Gasteiger partial charge in [0.25, 0.3) is 5.91 Å². The van der Waals surface area contributed by atoms with Crippen molar-refractivity contribution in [2.45, 2.75) is 49.8 Å². The van der Waals surface area contributed by atoms with E-state index in [1.54, 1.807) is 6.07 Å². The monoisotopic (exact) mass is 392 g/mol. The van der Waals surface area contributed by atoms with E-state index in [0.29, 0.717) is 24.1 Å². The first-order valence-corrected chi connectivity index (χ1v) is 10.9. The van der Waals surface area contributed by atoms with Crippen molar-refractivity contribution in [2.75, 3.05) is 18.1 Å². The highest BCUT2D eigenvalue weighted by atomic mass is 32.2. The number of hydrogen-bond acceptors (Lipinski definition) is 5. The first kappa shape index (κ1) is 18.4. The molecule has 0 radical (unpaired) electrons. The zero-order valence-corrected chi connectivity index (χ0v) is 16.0. The molecule has 1 heterocycles. The molecule has 27 heavy (non-hydrogen) atoms. The molecular weight excluding hydrogens is 368 g/mol. The van der Waals surface area contributed by atoms with E-state index in [-0.39, 0.29) is 29.3 Å². The van der Waals surface area contributed by atoms with Crippen LogP contribution in [0.1, 0.15) is 44.1 Å². The van der Waals surface area contributed by atoms with Crippen LogP contribution >= 0.6 is 0 Å². The fourth-order valence-electron chi connectivity index (χ4n) is 4.29. The minimum absolute atomic E-state index is 0.0349. The van der Waals surface area contributed by atoms with Gasteiger partial charge in [0.1, 0.15) is 0 Å². The number of carbonyl (C=O) groups is 2. The molecule has 2 saturated carbocycles. The van der Waals surface area contributed by atoms with E-state index >= 15 is 0 Å². The number of amides is 1. The highest BCUT2D eigenvalue weighted by Gasteiger charge is 2.46. The van der Waals surface area contributed by atoms with Crippen LogP contribution in [0.3, 0.4) is 0 Å². The molecular formula is C19H24N2O5S. The molecule has 2 aliphatic carbocycles.